The number of nitrogens with zero attached hydrogens (tertiary/aromatic N) is 2. The van der Waals surface area contributed by atoms with Crippen molar-refractivity contribution < 1.29 is 9.47 Å². The minimum Gasteiger partial charge on any atom is -0.493 e. The van der Waals surface area contributed by atoms with Crippen LogP contribution in [0.3, 0.4) is 0 Å². The summed E-state index contributed by atoms with van der Waals surface area (Å²) in [4.78, 5) is 6.87. The van der Waals surface area contributed by atoms with Crippen LogP contribution in [0, 0.1) is 0 Å². The fraction of sp³-hybridized carbons (Fsp3) is 0.421. The van der Waals surface area contributed by atoms with E-state index >= 15 is 0 Å². The fourth-order valence-electron chi connectivity index (χ4n) is 3.10. The summed E-state index contributed by atoms with van der Waals surface area (Å²) >= 11 is 2.05. The van der Waals surface area contributed by atoms with Crippen molar-refractivity contribution in [1.29, 1.82) is 0 Å². The third-order valence-electron chi connectivity index (χ3n) is 4.47. The molecule has 4 nitrogen and oxygen atoms in total. The predicted molar refractivity (Wildman–Crippen MR) is 98.1 cm³/mol. The number of rotatable bonds is 3. The highest BCUT2D eigenvalue weighted by Gasteiger charge is 2.23. The van der Waals surface area contributed by atoms with Gasteiger partial charge < -0.3 is 9.47 Å². The van der Waals surface area contributed by atoms with Crippen LogP contribution in [0.4, 0.5) is 0 Å². The molecule has 2 saturated heterocycles. The molecule has 1 aromatic carbocycles. The Labute approximate surface area is 147 Å². The van der Waals surface area contributed by atoms with Crippen LogP contribution in [0.1, 0.15) is 23.7 Å². The van der Waals surface area contributed by atoms with Gasteiger partial charge in [0.1, 0.15) is 12.4 Å². The van der Waals surface area contributed by atoms with E-state index in [1.165, 1.54) is 30.2 Å². The van der Waals surface area contributed by atoms with E-state index in [2.05, 4.69) is 34.2 Å². The minimum atomic E-state index is -0.0958. The number of fused-ring (bicyclic) bond motifs is 2. The van der Waals surface area contributed by atoms with E-state index in [4.69, 9.17) is 9.47 Å². The molecule has 0 unspecified atom stereocenters. The second-order valence-corrected chi connectivity index (χ2v) is 7.45. The topological polar surface area (TPSA) is 34.1 Å². The number of allylic oxidation sites excluding steroid dienone is 2. The van der Waals surface area contributed by atoms with E-state index in [9.17, 15) is 0 Å². The smallest absolute Gasteiger partial charge is 0.196 e. The van der Waals surface area contributed by atoms with Crippen LogP contribution in [-0.2, 0) is 16.0 Å². The van der Waals surface area contributed by atoms with Crippen molar-refractivity contribution in [3.63, 3.8) is 0 Å². The Morgan fingerprint density at radius 2 is 2.00 bits per heavy atom. The Balaban J connectivity index is 1.43. The van der Waals surface area contributed by atoms with E-state index in [1.54, 1.807) is 6.20 Å². The molecule has 1 aromatic rings. The third kappa shape index (κ3) is 3.84. The van der Waals surface area contributed by atoms with Gasteiger partial charge in [0, 0.05) is 37.3 Å². The van der Waals surface area contributed by atoms with E-state index < -0.39 is 0 Å². The van der Waals surface area contributed by atoms with Gasteiger partial charge in [-0.25, -0.2) is 4.99 Å². The van der Waals surface area contributed by atoms with Crippen molar-refractivity contribution in [3.05, 3.63) is 59.5 Å². The fourth-order valence-corrected chi connectivity index (χ4v) is 4.08. The molecule has 0 radical (unpaired) electrons. The van der Waals surface area contributed by atoms with Crippen molar-refractivity contribution in [2.24, 2.45) is 4.99 Å². The van der Waals surface area contributed by atoms with Crippen molar-refractivity contribution in [3.8, 4) is 0 Å². The molecule has 0 aromatic heterocycles. The average Bonchev–Trinajstić information content (AvgIpc) is 2.98. The van der Waals surface area contributed by atoms with Gasteiger partial charge in [0.25, 0.3) is 0 Å². The molecule has 0 spiro atoms. The molecule has 5 heteroatoms. The molecule has 1 atom stereocenters. The lowest BCUT2D eigenvalue weighted by Crippen LogP contribution is -2.31. The largest absolute Gasteiger partial charge is 0.493 e. The van der Waals surface area contributed by atoms with Crippen LogP contribution < -0.4 is 0 Å². The number of benzene rings is 1. The Hall–Kier alpha value is -1.72. The van der Waals surface area contributed by atoms with Gasteiger partial charge >= 0.3 is 0 Å². The summed E-state index contributed by atoms with van der Waals surface area (Å²) in [6.07, 6.45) is 6.15. The summed E-state index contributed by atoms with van der Waals surface area (Å²) in [5.74, 6) is 4.15. The van der Waals surface area contributed by atoms with Gasteiger partial charge in [-0.15, -0.1) is 0 Å². The highest BCUT2D eigenvalue weighted by molar-refractivity contribution is 7.99. The van der Waals surface area contributed by atoms with Gasteiger partial charge in [-0.05, 0) is 23.3 Å². The monoisotopic (exact) mass is 342 g/mol. The highest BCUT2D eigenvalue weighted by atomic mass is 32.2. The first-order valence-electron chi connectivity index (χ1n) is 8.47. The van der Waals surface area contributed by atoms with Gasteiger partial charge in [-0.1, -0.05) is 24.3 Å². The molecule has 3 heterocycles. The molecule has 0 N–H and O–H groups in total. The Morgan fingerprint density at radius 3 is 2.83 bits per heavy atom. The number of hydrogen-bond donors (Lipinski definition) is 0. The van der Waals surface area contributed by atoms with Gasteiger partial charge in [-0.2, -0.15) is 11.8 Å². The maximum absolute atomic E-state index is 6.06. The average molecular weight is 342 g/mol. The van der Waals surface area contributed by atoms with E-state index in [-0.39, 0.29) is 6.10 Å². The Bertz CT molecular complexity index is 660. The zero-order valence-electron chi connectivity index (χ0n) is 13.7. The molecule has 2 bridgehead atoms. The third-order valence-corrected chi connectivity index (χ3v) is 5.41. The molecule has 3 aliphatic rings. The highest BCUT2D eigenvalue weighted by Crippen LogP contribution is 2.27. The van der Waals surface area contributed by atoms with E-state index in [0.717, 1.165) is 23.8 Å². The first-order valence-corrected chi connectivity index (χ1v) is 9.63. The quantitative estimate of drug-likeness (QED) is 0.842. The number of thioether (sulfide) groups is 1. The lowest BCUT2D eigenvalue weighted by molar-refractivity contribution is 0.0986. The normalized spacial score (nSPS) is 24.1. The molecular formula is C19H22N2O2S. The molecular weight excluding hydrogens is 320 g/mol. The van der Waals surface area contributed by atoms with Crippen molar-refractivity contribution in [2.75, 3.05) is 31.2 Å². The molecule has 24 heavy (non-hydrogen) atoms. The zero-order chi connectivity index (χ0) is 16.2. The molecule has 0 saturated carbocycles. The molecule has 126 valence electrons. The summed E-state index contributed by atoms with van der Waals surface area (Å²) in [6.45, 7) is 3.94. The zero-order valence-corrected chi connectivity index (χ0v) is 14.5. The van der Waals surface area contributed by atoms with Gasteiger partial charge in [0.2, 0.25) is 0 Å². The summed E-state index contributed by atoms with van der Waals surface area (Å²) in [6, 6.07) is 8.75. The maximum Gasteiger partial charge on any atom is 0.196 e. The first-order chi connectivity index (χ1) is 11.9. The second-order valence-electron chi connectivity index (χ2n) is 6.22. The summed E-state index contributed by atoms with van der Waals surface area (Å²) in [5.41, 5.74) is 2.50. The number of hydrogen-bond acceptors (Lipinski definition) is 5. The van der Waals surface area contributed by atoms with Gasteiger partial charge in [0.05, 0.1) is 6.42 Å². The van der Waals surface area contributed by atoms with Gasteiger partial charge in [-0.3, -0.25) is 4.90 Å². The van der Waals surface area contributed by atoms with Crippen molar-refractivity contribution in [2.45, 2.75) is 19.1 Å². The Kier molecular flexibility index (Phi) is 4.90. The lowest BCUT2D eigenvalue weighted by atomic mass is 10.1. The van der Waals surface area contributed by atoms with Gasteiger partial charge in [0.15, 0.2) is 12.0 Å². The molecule has 3 aliphatic heterocycles. The Morgan fingerprint density at radius 1 is 1.17 bits per heavy atom. The molecule has 4 rings (SSSR count). The summed E-state index contributed by atoms with van der Waals surface area (Å²) in [5, 5.41) is 0. The number of ether oxygens (including phenoxy) is 2. The van der Waals surface area contributed by atoms with Crippen LogP contribution in [0.15, 0.2) is 53.4 Å². The van der Waals surface area contributed by atoms with Crippen molar-refractivity contribution in [1.82, 2.24) is 4.90 Å². The van der Waals surface area contributed by atoms with Crippen LogP contribution in [0.25, 0.3) is 0 Å². The van der Waals surface area contributed by atoms with Crippen LogP contribution >= 0.6 is 11.8 Å². The molecule has 2 fully saturated rings. The van der Waals surface area contributed by atoms with Crippen LogP contribution in [-0.4, -0.2) is 42.0 Å². The minimum absolute atomic E-state index is 0.0958. The summed E-state index contributed by atoms with van der Waals surface area (Å²) < 4.78 is 11.9. The maximum atomic E-state index is 6.06. The standard InChI is InChI=1S/C19H22N2O2S/c1-2-17-12-19(20-7-1)23-18(14-22-17)16-5-3-15(4-6-16)13-21-8-10-24-11-9-21/h1-7,18H,8-14H2/t18-/m1/s1. The SMILES string of the molecule is C1=CN=C2CC(=C1)OC[C@H](c1ccc(CN3CCSCC3)cc1)O2. The molecule has 0 amide bonds. The van der Waals surface area contributed by atoms with E-state index in [1.807, 2.05) is 23.9 Å². The molecule has 0 aliphatic carbocycles. The van der Waals surface area contributed by atoms with E-state index in [0.29, 0.717) is 13.0 Å². The van der Waals surface area contributed by atoms with Crippen LogP contribution in [0.2, 0.25) is 0 Å². The number of aliphatic imine (C=N–C) groups is 1. The summed E-state index contributed by atoms with van der Waals surface area (Å²) in [7, 11) is 0. The van der Waals surface area contributed by atoms with Crippen molar-refractivity contribution >= 4 is 17.7 Å². The predicted octanol–water partition coefficient (Wildman–Crippen LogP) is 3.52. The second kappa shape index (κ2) is 7.45. The lowest BCUT2D eigenvalue weighted by Gasteiger charge is -2.26. The first kappa shape index (κ1) is 15.8. The van der Waals surface area contributed by atoms with Crippen LogP contribution in [0.5, 0.6) is 0 Å².